The zero-order valence-electron chi connectivity index (χ0n) is 10.0. The normalized spacial score (nSPS) is 13.9. The molecule has 0 aliphatic carbocycles. The van der Waals surface area contributed by atoms with E-state index in [9.17, 15) is 0 Å². The Morgan fingerprint density at radius 3 is 2.59 bits per heavy atom. The number of thiazole rings is 1. The van der Waals surface area contributed by atoms with Crippen LogP contribution in [0.2, 0.25) is 4.34 Å². The summed E-state index contributed by atoms with van der Waals surface area (Å²) in [7, 11) is 0. The second-order valence-electron chi connectivity index (χ2n) is 5.02. The molecule has 0 spiro atoms. The molecular formula is C12H15ClN2S2. The van der Waals surface area contributed by atoms with Crippen LogP contribution in [0.4, 0.5) is 0 Å². The van der Waals surface area contributed by atoms with Gasteiger partial charge in [0, 0.05) is 5.38 Å². The lowest BCUT2D eigenvalue weighted by molar-refractivity contribution is 0.326. The molecule has 2 aromatic rings. The molecule has 2 N–H and O–H groups in total. The van der Waals surface area contributed by atoms with E-state index in [1.54, 1.807) is 22.7 Å². The minimum absolute atomic E-state index is 0.0300. The molecule has 0 bridgehead atoms. The first-order chi connectivity index (χ1) is 7.88. The van der Waals surface area contributed by atoms with Gasteiger partial charge in [-0.05, 0) is 17.5 Å². The van der Waals surface area contributed by atoms with Gasteiger partial charge in [0.25, 0.3) is 0 Å². The number of aromatic nitrogens is 1. The first-order valence-electron chi connectivity index (χ1n) is 5.34. The Labute approximate surface area is 114 Å². The van der Waals surface area contributed by atoms with Gasteiger partial charge in [-0.1, -0.05) is 32.4 Å². The summed E-state index contributed by atoms with van der Waals surface area (Å²) in [5, 5.41) is 3.03. The Hall–Kier alpha value is -0.420. The lowest BCUT2D eigenvalue weighted by atomic mass is 9.88. The van der Waals surface area contributed by atoms with Crippen LogP contribution in [-0.2, 0) is 0 Å². The summed E-state index contributed by atoms with van der Waals surface area (Å²) < 4.78 is 0.787. The van der Waals surface area contributed by atoms with Crippen LogP contribution in [0.25, 0.3) is 10.6 Å². The molecule has 17 heavy (non-hydrogen) atoms. The van der Waals surface area contributed by atoms with Gasteiger partial charge in [-0.15, -0.1) is 22.7 Å². The second-order valence-corrected chi connectivity index (χ2v) is 7.62. The van der Waals surface area contributed by atoms with E-state index >= 15 is 0 Å². The second kappa shape index (κ2) is 4.69. The van der Waals surface area contributed by atoms with E-state index in [2.05, 4.69) is 25.8 Å². The number of nitrogens with zero attached hydrogens (tertiary/aromatic N) is 1. The molecule has 92 valence electrons. The number of halogens is 1. The standard InChI is InChI=1S/C12H15ClN2S2/c1-12(2,3)10(14)11-15-7(6-16-11)8-4-5-9(13)17-8/h4-6,10H,14H2,1-3H3. The zero-order valence-corrected chi connectivity index (χ0v) is 12.4. The smallest absolute Gasteiger partial charge is 0.111 e. The zero-order chi connectivity index (χ0) is 12.6. The number of nitrogens with two attached hydrogens (primary N) is 1. The number of hydrogen-bond acceptors (Lipinski definition) is 4. The van der Waals surface area contributed by atoms with Gasteiger partial charge in [0.05, 0.1) is 20.9 Å². The van der Waals surface area contributed by atoms with Crippen LogP contribution in [0.15, 0.2) is 17.5 Å². The predicted molar refractivity (Wildman–Crippen MR) is 76.8 cm³/mol. The van der Waals surface area contributed by atoms with Gasteiger partial charge in [0.2, 0.25) is 0 Å². The maximum absolute atomic E-state index is 6.19. The fourth-order valence-electron chi connectivity index (χ4n) is 1.37. The van der Waals surface area contributed by atoms with E-state index in [4.69, 9.17) is 17.3 Å². The third-order valence-corrected chi connectivity index (χ3v) is 4.73. The molecule has 1 atom stereocenters. The highest BCUT2D eigenvalue weighted by atomic mass is 35.5. The first-order valence-corrected chi connectivity index (χ1v) is 7.42. The van der Waals surface area contributed by atoms with Crippen LogP contribution < -0.4 is 5.73 Å². The van der Waals surface area contributed by atoms with Crippen LogP contribution in [0.3, 0.4) is 0 Å². The third-order valence-electron chi connectivity index (χ3n) is 2.55. The summed E-state index contributed by atoms with van der Waals surface area (Å²) in [6.07, 6.45) is 0. The van der Waals surface area contributed by atoms with Crippen molar-refractivity contribution >= 4 is 34.3 Å². The highest BCUT2D eigenvalue weighted by molar-refractivity contribution is 7.19. The highest BCUT2D eigenvalue weighted by Crippen LogP contribution is 2.36. The summed E-state index contributed by atoms with van der Waals surface area (Å²) in [6, 6.07) is 3.86. The van der Waals surface area contributed by atoms with Crippen LogP contribution in [0.5, 0.6) is 0 Å². The third kappa shape index (κ3) is 2.88. The molecule has 0 saturated carbocycles. The highest BCUT2D eigenvalue weighted by Gasteiger charge is 2.25. The molecule has 2 heterocycles. The van der Waals surface area contributed by atoms with Crippen molar-refractivity contribution in [3.8, 4) is 10.6 Å². The van der Waals surface area contributed by atoms with Gasteiger partial charge in [0.15, 0.2) is 0 Å². The van der Waals surface area contributed by atoms with Crippen LogP contribution in [0.1, 0.15) is 31.8 Å². The van der Waals surface area contributed by atoms with Gasteiger partial charge >= 0.3 is 0 Å². The average Bonchev–Trinajstić information content (AvgIpc) is 2.83. The molecular weight excluding hydrogens is 272 g/mol. The van der Waals surface area contributed by atoms with E-state index in [0.717, 1.165) is 19.9 Å². The molecule has 0 amide bonds. The van der Waals surface area contributed by atoms with Gasteiger partial charge in [-0.3, -0.25) is 0 Å². The van der Waals surface area contributed by atoms with Crippen LogP contribution >= 0.6 is 34.3 Å². The molecule has 2 nitrogen and oxygen atoms in total. The van der Waals surface area contributed by atoms with E-state index in [-0.39, 0.29) is 11.5 Å². The quantitative estimate of drug-likeness (QED) is 0.878. The topological polar surface area (TPSA) is 38.9 Å². The molecule has 0 saturated heterocycles. The molecule has 0 aliphatic heterocycles. The summed E-state index contributed by atoms with van der Waals surface area (Å²) >= 11 is 9.08. The average molecular weight is 287 g/mol. The van der Waals surface area contributed by atoms with Gasteiger partial charge in [0.1, 0.15) is 5.01 Å². The van der Waals surface area contributed by atoms with Crippen LogP contribution in [0, 0.1) is 5.41 Å². The maximum Gasteiger partial charge on any atom is 0.111 e. The SMILES string of the molecule is CC(C)(C)C(N)c1nc(-c2ccc(Cl)s2)cs1. The van der Waals surface area contributed by atoms with E-state index in [1.807, 2.05) is 17.5 Å². The van der Waals surface area contributed by atoms with E-state index in [0.29, 0.717) is 0 Å². The van der Waals surface area contributed by atoms with E-state index < -0.39 is 0 Å². The summed E-state index contributed by atoms with van der Waals surface area (Å²) in [5.74, 6) is 0. The molecule has 2 rings (SSSR count). The number of thiophene rings is 1. The van der Waals surface area contributed by atoms with Gasteiger partial charge < -0.3 is 5.73 Å². The van der Waals surface area contributed by atoms with Crippen molar-refractivity contribution in [1.29, 1.82) is 0 Å². The lowest BCUT2D eigenvalue weighted by Crippen LogP contribution is -2.26. The monoisotopic (exact) mass is 286 g/mol. The minimum atomic E-state index is -0.0308. The number of rotatable bonds is 2. The Morgan fingerprint density at radius 2 is 2.06 bits per heavy atom. The van der Waals surface area contributed by atoms with Gasteiger partial charge in [-0.2, -0.15) is 0 Å². The molecule has 0 radical (unpaired) electrons. The molecule has 5 heteroatoms. The van der Waals surface area contributed by atoms with Crippen molar-refractivity contribution in [3.05, 3.63) is 26.9 Å². The van der Waals surface area contributed by atoms with Gasteiger partial charge in [-0.25, -0.2) is 4.98 Å². The van der Waals surface area contributed by atoms with Crippen molar-refractivity contribution < 1.29 is 0 Å². The fraction of sp³-hybridized carbons (Fsp3) is 0.417. The Kier molecular flexibility index (Phi) is 3.59. The van der Waals surface area contributed by atoms with Crippen molar-refractivity contribution in [2.45, 2.75) is 26.8 Å². The largest absolute Gasteiger partial charge is 0.322 e. The maximum atomic E-state index is 6.19. The van der Waals surface area contributed by atoms with Crippen LogP contribution in [-0.4, -0.2) is 4.98 Å². The van der Waals surface area contributed by atoms with Crippen molar-refractivity contribution in [1.82, 2.24) is 4.98 Å². The minimum Gasteiger partial charge on any atom is -0.322 e. The summed E-state index contributed by atoms with van der Waals surface area (Å²) in [6.45, 7) is 6.38. The molecule has 1 unspecified atom stereocenters. The molecule has 0 aromatic carbocycles. The van der Waals surface area contributed by atoms with Crippen molar-refractivity contribution in [3.63, 3.8) is 0 Å². The number of hydrogen-bond donors (Lipinski definition) is 1. The summed E-state index contributed by atoms with van der Waals surface area (Å²) in [4.78, 5) is 5.70. The Bertz CT molecular complexity index is 511. The Morgan fingerprint density at radius 1 is 1.35 bits per heavy atom. The van der Waals surface area contributed by atoms with Crippen molar-refractivity contribution in [2.24, 2.45) is 11.1 Å². The molecule has 0 fully saturated rings. The fourth-order valence-corrected chi connectivity index (χ4v) is 3.51. The van der Waals surface area contributed by atoms with Crippen molar-refractivity contribution in [2.75, 3.05) is 0 Å². The molecule has 2 aromatic heterocycles. The molecule has 0 aliphatic rings. The first kappa shape index (κ1) is 13.0. The summed E-state index contributed by atoms with van der Waals surface area (Å²) in [5.41, 5.74) is 7.20. The predicted octanol–water partition coefficient (Wildman–Crippen LogP) is 4.57. The Balaban J connectivity index is 2.28. The lowest BCUT2D eigenvalue weighted by Gasteiger charge is -2.24. The van der Waals surface area contributed by atoms with E-state index in [1.165, 1.54) is 0 Å².